The number of nitrogens with one attached hydrogen (secondary N) is 1. The van der Waals surface area contributed by atoms with Crippen LogP contribution in [0.5, 0.6) is 0 Å². The summed E-state index contributed by atoms with van der Waals surface area (Å²) in [6.45, 7) is 4.06. The Balaban J connectivity index is 0.00000261. The van der Waals surface area contributed by atoms with Crippen molar-refractivity contribution >= 4 is 52.9 Å². The van der Waals surface area contributed by atoms with Crippen LogP contribution in [0, 0.1) is 5.92 Å². The molecule has 7 nitrogen and oxygen atoms in total. The predicted octanol–water partition coefficient (Wildman–Crippen LogP) is 0.853. The standard InChI is InChI=1S/C19H22N2O5.Na/c1-3-7-20-17(23)12-6-4-5-11(8-12)13-9-14-15(10(2)22)18(24)21(14)16(13)19(25)26;/h4-6,8,10,14-15,22H,3,7,9H2,1-2H3,(H,20,23)(H,25,26);/t10-,14-,15-;/m1./s1. The topological polar surface area (TPSA) is 107 Å². The Morgan fingerprint density at radius 2 is 2.07 bits per heavy atom. The number of aliphatic hydroxyl groups excluding tert-OH is 1. The first-order valence-electron chi connectivity index (χ1n) is 8.73. The number of aliphatic hydroxyl groups is 1. The van der Waals surface area contributed by atoms with E-state index in [1.165, 1.54) is 11.8 Å². The van der Waals surface area contributed by atoms with Gasteiger partial charge in [-0.25, -0.2) is 4.79 Å². The zero-order valence-electron chi connectivity index (χ0n) is 15.7. The van der Waals surface area contributed by atoms with Crippen LogP contribution in [0.2, 0.25) is 0 Å². The van der Waals surface area contributed by atoms with E-state index in [1.54, 1.807) is 24.3 Å². The number of carbonyl (C=O) groups is 3. The van der Waals surface area contributed by atoms with E-state index in [1.807, 2.05) is 6.92 Å². The van der Waals surface area contributed by atoms with Crippen molar-refractivity contribution in [2.45, 2.75) is 38.8 Å². The Morgan fingerprint density at radius 3 is 2.67 bits per heavy atom. The zero-order valence-corrected chi connectivity index (χ0v) is 17.7. The molecule has 2 heterocycles. The number of aliphatic carboxylic acids is 1. The molecule has 0 aromatic heterocycles. The number of carboxylic acids is 1. The van der Waals surface area contributed by atoms with Gasteiger partial charge in [0.25, 0.3) is 5.91 Å². The van der Waals surface area contributed by atoms with Crippen LogP contribution < -0.4 is 5.32 Å². The van der Waals surface area contributed by atoms with Crippen molar-refractivity contribution < 1.29 is 24.6 Å². The van der Waals surface area contributed by atoms with Gasteiger partial charge in [0.05, 0.1) is 18.1 Å². The SMILES string of the molecule is CCCNC(=O)c1cccc(C2=C(C(=O)O)N3C(=O)[C@H]([C@@H](C)O)[C@H]3C2)c1.[Na]. The van der Waals surface area contributed by atoms with Crippen LogP contribution >= 0.6 is 0 Å². The van der Waals surface area contributed by atoms with Crippen molar-refractivity contribution in [1.82, 2.24) is 10.2 Å². The molecule has 0 saturated carbocycles. The normalized spacial score (nSPS) is 21.9. The average molecular weight is 381 g/mol. The van der Waals surface area contributed by atoms with Crippen LogP contribution in [0.1, 0.15) is 42.6 Å². The largest absolute Gasteiger partial charge is 0.477 e. The second-order valence-corrected chi connectivity index (χ2v) is 6.72. The summed E-state index contributed by atoms with van der Waals surface area (Å²) in [5.41, 5.74) is 1.52. The molecule has 1 saturated heterocycles. The number of hydrogen-bond donors (Lipinski definition) is 3. The fourth-order valence-electron chi connectivity index (χ4n) is 3.72. The second kappa shape index (κ2) is 8.56. The number of benzene rings is 1. The summed E-state index contributed by atoms with van der Waals surface area (Å²) in [4.78, 5) is 37.5. The van der Waals surface area contributed by atoms with Crippen molar-refractivity contribution in [2.24, 2.45) is 5.92 Å². The fraction of sp³-hybridized carbons (Fsp3) is 0.421. The molecule has 0 spiro atoms. The maximum absolute atomic E-state index is 12.3. The third-order valence-electron chi connectivity index (χ3n) is 4.94. The summed E-state index contributed by atoms with van der Waals surface area (Å²) < 4.78 is 0. The molecular weight excluding hydrogens is 359 g/mol. The molecule has 3 N–H and O–H groups in total. The first-order chi connectivity index (χ1) is 12.4. The molecule has 27 heavy (non-hydrogen) atoms. The first-order valence-corrected chi connectivity index (χ1v) is 8.73. The number of carbonyl (C=O) groups excluding carboxylic acids is 2. The summed E-state index contributed by atoms with van der Waals surface area (Å²) >= 11 is 0. The van der Waals surface area contributed by atoms with Crippen LogP contribution in [0.3, 0.4) is 0 Å². The Kier molecular flexibility index (Phi) is 6.86. The van der Waals surface area contributed by atoms with E-state index >= 15 is 0 Å². The number of nitrogens with zero attached hydrogens (tertiary/aromatic N) is 1. The van der Waals surface area contributed by atoms with E-state index in [0.717, 1.165) is 6.42 Å². The molecule has 2 amide bonds. The zero-order chi connectivity index (χ0) is 19.0. The Labute approximate surface area is 179 Å². The molecule has 3 rings (SSSR count). The van der Waals surface area contributed by atoms with Crippen LogP contribution in [-0.4, -0.2) is 81.1 Å². The van der Waals surface area contributed by atoms with E-state index in [9.17, 15) is 24.6 Å². The Morgan fingerprint density at radius 1 is 1.37 bits per heavy atom. The first kappa shape index (κ1) is 21.6. The summed E-state index contributed by atoms with van der Waals surface area (Å²) in [6, 6.07) is 6.41. The van der Waals surface area contributed by atoms with Gasteiger partial charge in [0.1, 0.15) is 5.70 Å². The van der Waals surface area contributed by atoms with Gasteiger partial charge >= 0.3 is 5.97 Å². The van der Waals surface area contributed by atoms with Crippen molar-refractivity contribution in [1.29, 1.82) is 0 Å². The van der Waals surface area contributed by atoms with Gasteiger partial charge in [-0.15, -0.1) is 0 Å². The number of hydrogen-bond acceptors (Lipinski definition) is 4. The molecule has 1 fully saturated rings. The minimum atomic E-state index is -1.18. The summed E-state index contributed by atoms with van der Waals surface area (Å²) in [5.74, 6) is -2.35. The number of β-lactam (4-membered cyclic amide) rings is 1. The number of fused-ring (bicyclic) bond motifs is 1. The van der Waals surface area contributed by atoms with Crippen molar-refractivity contribution in [3.05, 3.63) is 41.1 Å². The third kappa shape index (κ3) is 3.82. The molecule has 0 unspecified atom stereocenters. The minimum absolute atomic E-state index is 0. The molecule has 8 heteroatoms. The van der Waals surface area contributed by atoms with Crippen LogP contribution in [0.25, 0.3) is 5.57 Å². The maximum Gasteiger partial charge on any atom is 0.352 e. The molecule has 2 aliphatic rings. The Hall–Kier alpha value is -1.67. The monoisotopic (exact) mass is 381 g/mol. The van der Waals surface area contributed by atoms with Gasteiger partial charge in [-0.1, -0.05) is 19.1 Å². The van der Waals surface area contributed by atoms with Crippen molar-refractivity contribution in [2.75, 3.05) is 6.54 Å². The Bertz CT molecular complexity index is 805. The number of amides is 2. The molecule has 2 aliphatic heterocycles. The van der Waals surface area contributed by atoms with Crippen LogP contribution in [0.4, 0.5) is 0 Å². The van der Waals surface area contributed by atoms with E-state index < -0.39 is 18.0 Å². The quantitative estimate of drug-likeness (QED) is 0.500. The van der Waals surface area contributed by atoms with Crippen molar-refractivity contribution in [3.8, 4) is 0 Å². The summed E-state index contributed by atoms with van der Waals surface area (Å²) in [6.07, 6.45) is 0.340. The second-order valence-electron chi connectivity index (χ2n) is 6.72. The molecule has 0 bridgehead atoms. The summed E-state index contributed by atoms with van der Waals surface area (Å²) in [7, 11) is 0. The van der Waals surface area contributed by atoms with Crippen LogP contribution in [0.15, 0.2) is 30.0 Å². The molecule has 1 radical (unpaired) electrons. The van der Waals surface area contributed by atoms with Gasteiger partial charge < -0.3 is 20.4 Å². The van der Waals surface area contributed by atoms with Gasteiger partial charge in [0.2, 0.25) is 5.91 Å². The predicted molar refractivity (Wildman–Crippen MR) is 99.8 cm³/mol. The number of carboxylic acid groups (broad SMARTS) is 1. The van der Waals surface area contributed by atoms with Gasteiger partial charge in [0.15, 0.2) is 0 Å². The minimum Gasteiger partial charge on any atom is -0.477 e. The van der Waals surface area contributed by atoms with E-state index in [2.05, 4.69) is 5.32 Å². The molecule has 1 aromatic carbocycles. The molecule has 3 atom stereocenters. The van der Waals surface area contributed by atoms with E-state index in [-0.39, 0.29) is 53.1 Å². The van der Waals surface area contributed by atoms with Crippen molar-refractivity contribution in [3.63, 3.8) is 0 Å². The van der Waals surface area contributed by atoms with E-state index in [4.69, 9.17) is 0 Å². The smallest absolute Gasteiger partial charge is 0.352 e. The molecule has 1 aromatic rings. The third-order valence-corrected chi connectivity index (χ3v) is 4.94. The molecular formula is C19H22N2NaO5. The van der Waals surface area contributed by atoms with Crippen LogP contribution in [-0.2, 0) is 9.59 Å². The fourth-order valence-corrected chi connectivity index (χ4v) is 3.72. The van der Waals surface area contributed by atoms with E-state index in [0.29, 0.717) is 29.7 Å². The maximum atomic E-state index is 12.3. The van der Waals surface area contributed by atoms with Gasteiger partial charge in [-0.2, -0.15) is 0 Å². The van der Waals surface area contributed by atoms with Gasteiger partial charge in [0, 0.05) is 41.7 Å². The number of rotatable bonds is 6. The molecule has 0 aliphatic carbocycles. The summed E-state index contributed by atoms with van der Waals surface area (Å²) in [5, 5.41) is 22.2. The van der Waals surface area contributed by atoms with Gasteiger partial charge in [-0.3, -0.25) is 9.59 Å². The molecule has 139 valence electrons. The van der Waals surface area contributed by atoms with Gasteiger partial charge in [-0.05, 0) is 43.0 Å². The average Bonchev–Trinajstić information content (AvgIpc) is 2.94.